The summed E-state index contributed by atoms with van der Waals surface area (Å²) in [6, 6.07) is 6.50. The number of methoxy groups -OCH3 is 1. The Kier molecular flexibility index (Phi) is 6.69. The van der Waals surface area contributed by atoms with Crippen LogP contribution in [-0.4, -0.2) is 37.1 Å². The Morgan fingerprint density at radius 1 is 1.35 bits per heavy atom. The van der Waals surface area contributed by atoms with Gasteiger partial charge >= 0.3 is 5.97 Å². The van der Waals surface area contributed by atoms with Crippen LogP contribution in [0.5, 0.6) is 11.5 Å². The molecular weight excluding hydrogens is 356 g/mol. The number of nitriles is 1. The number of Topliss-reactive ketones (excluding diaryl/α,β-unsaturated/α-hetero) is 1. The maximum absolute atomic E-state index is 12.2. The van der Waals surface area contributed by atoms with Crippen molar-refractivity contribution in [3.8, 4) is 17.6 Å². The highest BCUT2D eigenvalue weighted by atomic mass is 32.1. The zero-order valence-electron chi connectivity index (χ0n) is 14.6. The molecule has 136 valence electrons. The smallest absolute Gasteiger partial charge is 0.338 e. The molecule has 1 heterocycles. The van der Waals surface area contributed by atoms with Crippen LogP contribution in [0.1, 0.15) is 33.9 Å². The van der Waals surface area contributed by atoms with Crippen molar-refractivity contribution in [2.24, 2.45) is 0 Å². The van der Waals surface area contributed by atoms with Crippen LogP contribution in [-0.2, 0) is 9.53 Å². The van der Waals surface area contributed by atoms with Gasteiger partial charge in [-0.2, -0.15) is 5.26 Å². The summed E-state index contributed by atoms with van der Waals surface area (Å²) in [5.41, 5.74) is 0.952. The summed E-state index contributed by atoms with van der Waals surface area (Å²) in [5.74, 6) is -1.36. The second-order valence-corrected chi connectivity index (χ2v) is 6.12. The lowest BCUT2D eigenvalue weighted by Crippen LogP contribution is -2.20. The predicted octanol–water partition coefficient (Wildman–Crippen LogP) is 2.89. The Balaban J connectivity index is 2.03. The first-order chi connectivity index (χ1) is 12.5. The van der Waals surface area contributed by atoms with Crippen LogP contribution in [0, 0.1) is 18.3 Å². The van der Waals surface area contributed by atoms with E-state index >= 15 is 0 Å². The molecule has 0 radical (unpaired) electrons. The Bertz CT molecular complexity index is 840. The number of carbonyl (C=O) groups excluding carboxylic acids is 2. The van der Waals surface area contributed by atoms with Crippen molar-refractivity contribution in [2.45, 2.75) is 19.8 Å². The average molecular weight is 374 g/mol. The third-order valence-corrected chi connectivity index (χ3v) is 4.41. The first-order valence-corrected chi connectivity index (χ1v) is 8.70. The molecule has 0 fully saturated rings. The van der Waals surface area contributed by atoms with Gasteiger partial charge in [0.25, 0.3) is 0 Å². The first kappa shape index (κ1) is 19.4. The molecule has 1 aromatic carbocycles. The molecule has 8 heteroatoms. The van der Waals surface area contributed by atoms with E-state index in [4.69, 9.17) is 14.2 Å². The summed E-state index contributed by atoms with van der Waals surface area (Å²) < 4.78 is 15.6. The maximum atomic E-state index is 12.2. The molecule has 2 aromatic rings. The minimum Gasteiger partial charge on any atom is -0.493 e. The van der Waals surface area contributed by atoms with E-state index in [0.717, 1.165) is 5.69 Å². The van der Waals surface area contributed by atoms with Gasteiger partial charge < -0.3 is 14.2 Å². The molecule has 0 saturated heterocycles. The number of ether oxygens (including phenoxy) is 3. The van der Waals surface area contributed by atoms with Gasteiger partial charge in [-0.3, -0.25) is 4.79 Å². The molecule has 7 nitrogen and oxygen atoms in total. The van der Waals surface area contributed by atoms with Crippen LogP contribution in [0.25, 0.3) is 0 Å². The number of hydrogen-bond acceptors (Lipinski definition) is 8. The van der Waals surface area contributed by atoms with E-state index in [1.807, 2.05) is 13.0 Å². The first-order valence-electron chi connectivity index (χ1n) is 7.82. The second kappa shape index (κ2) is 8.97. The van der Waals surface area contributed by atoms with E-state index in [9.17, 15) is 14.9 Å². The van der Waals surface area contributed by atoms with Gasteiger partial charge in [-0.15, -0.1) is 11.3 Å². The van der Waals surface area contributed by atoms with Gasteiger partial charge in [0.15, 0.2) is 29.8 Å². The van der Waals surface area contributed by atoms with E-state index in [2.05, 4.69) is 4.98 Å². The van der Waals surface area contributed by atoms with Crippen molar-refractivity contribution in [3.05, 3.63) is 39.8 Å². The predicted molar refractivity (Wildman–Crippen MR) is 94.7 cm³/mol. The Labute approximate surface area is 155 Å². The van der Waals surface area contributed by atoms with Gasteiger partial charge in [0, 0.05) is 11.1 Å². The number of thiazole rings is 1. The van der Waals surface area contributed by atoms with Crippen molar-refractivity contribution in [2.75, 3.05) is 20.3 Å². The highest BCUT2D eigenvalue weighted by molar-refractivity contribution is 7.09. The van der Waals surface area contributed by atoms with Gasteiger partial charge in [-0.05, 0) is 32.0 Å². The fourth-order valence-electron chi connectivity index (χ4n) is 2.14. The zero-order valence-corrected chi connectivity index (χ0v) is 15.5. The van der Waals surface area contributed by atoms with Crippen LogP contribution < -0.4 is 9.47 Å². The number of carbonyl (C=O) groups is 2. The van der Waals surface area contributed by atoms with E-state index in [-0.39, 0.29) is 5.56 Å². The molecule has 0 bridgehead atoms. The molecule has 0 spiro atoms. The van der Waals surface area contributed by atoms with Crippen molar-refractivity contribution < 1.29 is 23.8 Å². The quantitative estimate of drug-likeness (QED) is 0.655. The molecular formula is C18H18N2O5S. The third-order valence-electron chi connectivity index (χ3n) is 3.38. The summed E-state index contributed by atoms with van der Waals surface area (Å²) in [6.07, 6.45) is 0. The number of ketones is 1. The molecule has 0 unspecified atom stereocenters. The molecule has 0 saturated carbocycles. The lowest BCUT2D eigenvalue weighted by molar-refractivity contribution is -0.122. The number of benzene rings is 1. The van der Waals surface area contributed by atoms with Crippen molar-refractivity contribution in [1.82, 2.24) is 4.98 Å². The molecule has 1 atom stereocenters. The number of esters is 1. The minimum atomic E-state index is -1.05. The largest absolute Gasteiger partial charge is 0.493 e. The van der Waals surface area contributed by atoms with Crippen LogP contribution in [0.2, 0.25) is 0 Å². The Hall–Kier alpha value is -2.92. The summed E-state index contributed by atoms with van der Waals surface area (Å²) in [7, 11) is 1.46. The topological polar surface area (TPSA) is 98.5 Å². The van der Waals surface area contributed by atoms with E-state index in [0.29, 0.717) is 23.1 Å². The number of aryl methyl sites for hydroxylation is 1. The molecule has 2 rings (SSSR count). The lowest BCUT2D eigenvalue weighted by atomic mass is 10.1. The van der Waals surface area contributed by atoms with Crippen LogP contribution in [0.15, 0.2) is 23.6 Å². The van der Waals surface area contributed by atoms with E-state index in [1.165, 1.54) is 30.6 Å². The molecule has 26 heavy (non-hydrogen) atoms. The second-order valence-electron chi connectivity index (χ2n) is 5.23. The molecule has 0 N–H and O–H groups in total. The number of aromatic nitrogens is 1. The summed E-state index contributed by atoms with van der Waals surface area (Å²) >= 11 is 1.23. The molecule has 0 aliphatic rings. The van der Waals surface area contributed by atoms with Gasteiger partial charge in [0.1, 0.15) is 5.01 Å². The van der Waals surface area contributed by atoms with Crippen LogP contribution in [0.4, 0.5) is 0 Å². The Morgan fingerprint density at radius 3 is 2.69 bits per heavy atom. The maximum Gasteiger partial charge on any atom is 0.338 e. The van der Waals surface area contributed by atoms with E-state index in [1.54, 1.807) is 18.4 Å². The summed E-state index contributed by atoms with van der Waals surface area (Å²) in [4.78, 5) is 28.5. The molecule has 0 amide bonds. The SMILES string of the molecule is CCOc1ccc(C(=O)OCC(=O)[C@@H](C#N)c2nc(C)cs2)cc1OC. The summed E-state index contributed by atoms with van der Waals surface area (Å²) in [6.45, 7) is 3.56. The number of hydrogen-bond donors (Lipinski definition) is 0. The third kappa shape index (κ3) is 4.58. The van der Waals surface area contributed by atoms with Gasteiger partial charge in [-0.1, -0.05) is 0 Å². The standard InChI is InChI=1S/C18H18N2O5S/c1-4-24-15-6-5-12(7-16(15)23-3)18(22)25-9-14(21)13(8-19)17-20-11(2)10-26-17/h5-7,10,13H,4,9H2,1-3H3/t13-/m1/s1. The number of rotatable bonds is 8. The molecule has 0 aliphatic carbocycles. The van der Waals surface area contributed by atoms with Gasteiger partial charge in [0.2, 0.25) is 0 Å². The fraction of sp³-hybridized carbons (Fsp3) is 0.333. The Morgan fingerprint density at radius 2 is 2.12 bits per heavy atom. The van der Waals surface area contributed by atoms with Crippen molar-refractivity contribution in [1.29, 1.82) is 5.26 Å². The lowest BCUT2D eigenvalue weighted by Gasteiger charge is -2.11. The van der Waals surface area contributed by atoms with Crippen LogP contribution >= 0.6 is 11.3 Å². The highest BCUT2D eigenvalue weighted by Gasteiger charge is 2.25. The zero-order chi connectivity index (χ0) is 19.1. The van der Waals surface area contributed by atoms with Crippen LogP contribution in [0.3, 0.4) is 0 Å². The fourth-order valence-corrected chi connectivity index (χ4v) is 3.00. The normalized spacial score (nSPS) is 11.3. The monoisotopic (exact) mass is 374 g/mol. The van der Waals surface area contributed by atoms with Crippen molar-refractivity contribution in [3.63, 3.8) is 0 Å². The molecule has 0 aliphatic heterocycles. The van der Waals surface area contributed by atoms with Gasteiger partial charge in [0.05, 0.1) is 25.3 Å². The van der Waals surface area contributed by atoms with Crippen molar-refractivity contribution >= 4 is 23.1 Å². The average Bonchev–Trinajstić information content (AvgIpc) is 3.06. The molecule has 1 aromatic heterocycles. The highest BCUT2D eigenvalue weighted by Crippen LogP contribution is 2.28. The number of nitrogens with zero attached hydrogens (tertiary/aromatic N) is 2. The minimum absolute atomic E-state index is 0.219. The summed E-state index contributed by atoms with van der Waals surface area (Å²) in [5, 5.41) is 11.4. The van der Waals surface area contributed by atoms with E-state index < -0.39 is 24.3 Å². The van der Waals surface area contributed by atoms with Gasteiger partial charge in [-0.25, -0.2) is 9.78 Å².